The normalized spacial score (nSPS) is 10.8. The van der Waals surface area contributed by atoms with Crippen molar-refractivity contribution in [2.45, 2.75) is 21.3 Å². The molecule has 2 heteroatoms. The Hall–Kier alpha value is -2.03. The van der Waals surface area contributed by atoms with Gasteiger partial charge in [0.2, 0.25) is 0 Å². The summed E-state index contributed by atoms with van der Waals surface area (Å²) in [5.74, 6) is 0. The fourth-order valence-corrected chi connectivity index (χ4v) is 4.45. The van der Waals surface area contributed by atoms with Gasteiger partial charge in [0, 0.05) is 0 Å². The highest BCUT2D eigenvalue weighted by Gasteiger charge is 2.28. The molecule has 0 unspecified atom stereocenters. The molecule has 0 aliphatic heterocycles. The summed E-state index contributed by atoms with van der Waals surface area (Å²) in [4.78, 5) is 3.82. The predicted molar refractivity (Wildman–Crippen MR) is 87.4 cm³/mol. The molecule has 0 amide bonds. The van der Waals surface area contributed by atoms with Crippen LogP contribution in [0.15, 0.2) is 99.6 Å². The van der Waals surface area contributed by atoms with Gasteiger partial charge in [0.1, 0.15) is 0 Å². The minimum Gasteiger partial charge on any atom is -0.392 e. The number of rotatable bonds is 4. The second-order valence-electron chi connectivity index (χ2n) is 4.74. The Kier molecular flexibility index (Phi) is 4.39. The van der Waals surface area contributed by atoms with Gasteiger partial charge in [-0.15, -0.1) is 0 Å². The van der Waals surface area contributed by atoms with E-state index in [0.717, 1.165) is 5.56 Å². The maximum atomic E-state index is 9.39. The zero-order valence-corrected chi connectivity index (χ0v) is 12.5. The molecule has 3 aromatic carbocycles. The Bertz CT molecular complexity index is 656. The maximum Gasteiger partial charge on any atom is 0.166 e. The lowest BCUT2D eigenvalue weighted by atomic mass is 10.2. The molecule has 21 heavy (non-hydrogen) atoms. The Morgan fingerprint density at radius 3 is 1.67 bits per heavy atom. The highest BCUT2D eigenvalue weighted by Crippen LogP contribution is 2.31. The van der Waals surface area contributed by atoms with E-state index in [9.17, 15) is 5.11 Å². The molecule has 0 atom stereocenters. The predicted octanol–water partition coefficient (Wildman–Crippen LogP) is 4.27. The van der Waals surface area contributed by atoms with Crippen molar-refractivity contribution >= 4 is 10.9 Å². The van der Waals surface area contributed by atoms with Gasteiger partial charge in [-0.2, -0.15) is 0 Å². The molecular formula is C19H17OS+. The average Bonchev–Trinajstić information content (AvgIpc) is 2.57. The Morgan fingerprint density at radius 2 is 1.14 bits per heavy atom. The molecule has 3 aromatic rings. The number of hydrogen-bond donors (Lipinski definition) is 1. The zero-order chi connectivity index (χ0) is 14.5. The molecule has 0 radical (unpaired) electrons. The number of hydrogen-bond acceptors (Lipinski definition) is 1. The van der Waals surface area contributed by atoms with Crippen molar-refractivity contribution in [3.63, 3.8) is 0 Å². The first-order valence-electron chi connectivity index (χ1n) is 6.92. The monoisotopic (exact) mass is 293 g/mol. The van der Waals surface area contributed by atoms with Gasteiger partial charge in [-0.1, -0.05) is 48.5 Å². The van der Waals surface area contributed by atoms with Crippen LogP contribution in [0.25, 0.3) is 0 Å². The molecule has 0 bridgehead atoms. The van der Waals surface area contributed by atoms with E-state index in [-0.39, 0.29) is 17.5 Å². The first-order valence-corrected chi connectivity index (χ1v) is 8.15. The Labute approximate surface area is 128 Å². The lowest BCUT2D eigenvalue weighted by molar-refractivity contribution is 0.281. The fourth-order valence-electron chi connectivity index (χ4n) is 2.29. The molecule has 0 aromatic heterocycles. The Balaban J connectivity index is 2.12. The van der Waals surface area contributed by atoms with Crippen molar-refractivity contribution in [1.82, 2.24) is 0 Å². The number of aliphatic hydroxyl groups is 1. The minimum atomic E-state index is -0.138. The third-order valence-electron chi connectivity index (χ3n) is 3.27. The molecule has 0 saturated heterocycles. The van der Waals surface area contributed by atoms with E-state index in [4.69, 9.17) is 0 Å². The molecule has 0 spiro atoms. The van der Waals surface area contributed by atoms with Crippen LogP contribution < -0.4 is 0 Å². The maximum absolute atomic E-state index is 9.39. The van der Waals surface area contributed by atoms with E-state index >= 15 is 0 Å². The summed E-state index contributed by atoms with van der Waals surface area (Å²) >= 11 is 0. The zero-order valence-electron chi connectivity index (χ0n) is 11.6. The molecule has 0 saturated carbocycles. The lowest BCUT2D eigenvalue weighted by Crippen LogP contribution is -2.05. The highest BCUT2D eigenvalue weighted by molar-refractivity contribution is 7.97. The summed E-state index contributed by atoms with van der Waals surface area (Å²) in [5, 5.41) is 9.39. The second kappa shape index (κ2) is 6.61. The van der Waals surface area contributed by atoms with Crippen LogP contribution in [0.4, 0.5) is 0 Å². The van der Waals surface area contributed by atoms with Crippen LogP contribution in [0.2, 0.25) is 0 Å². The van der Waals surface area contributed by atoms with Gasteiger partial charge in [0.05, 0.1) is 17.5 Å². The second-order valence-corrected chi connectivity index (χ2v) is 6.76. The first kappa shape index (κ1) is 13.9. The number of aliphatic hydroxyl groups excluding tert-OH is 1. The smallest absolute Gasteiger partial charge is 0.166 e. The molecule has 104 valence electrons. The summed E-state index contributed by atoms with van der Waals surface area (Å²) in [7, 11) is -0.138. The third kappa shape index (κ3) is 3.18. The van der Waals surface area contributed by atoms with Gasteiger partial charge in [-0.25, -0.2) is 0 Å². The molecule has 1 nitrogen and oxygen atoms in total. The number of benzene rings is 3. The SMILES string of the molecule is OCc1cccc([S+](c2ccccc2)c2ccccc2)c1. The van der Waals surface area contributed by atoms with Gasteiger partial charge in [0.25, 0.3) is 0 Å². The Morgan fingerprint density at radius 1 is 0.619 bits per heavy atom. The van der Waals surface area contributed by atoms with Gasteiger partial charge >= 0.3 is 0 Å². The first-order chi connectivity index (χ1) is 10.4. The van der Waals surface area contributed by atoms with Crippen molar-refractivity contribution in [3.05, 3.63) is 90.5 Å². The van der Waals surface area contributed by atoms with E-state index in [1.807, 2.05) is 24.3 Å². The van der Waals surface area contributed by atoms with Crippen molar-refractivity contribution in [1.29, 1.82) is 0 Å². The summed E-state index contributed by atoms with van der Waals surface area (Å²) in [6.45, 7) is 0.0780. The molecular weight excluding hydrogens is 276 g/mol. The van der Waals surface area contributed by atoms with Gasteiger partial charge < -0.3 is 5.11 Å². The minimum absolute atomic E-state index is 0.0780. The molecule has 3 rings (SSSR count). The van der Waals surface area contributed by atoms with Crippen LogP contribution in [0.1, 0.15) is 5.56 Å². The topological polar surface area (TPSA) is 20.2 Å². The van der Waals surface area contributed by atoms with Crippen molar-refractivity contribution in [2.24, 2.45) is 0 Å². The standard InChI is InChI=1S/C19H17OS/c20-15-16-8-7-13-19(14-16)21(17-9-3-1-4-10-17)18-11-5-2-6-12-18/h1-14,20H,15H2/q+1. The summed E-state index contributed by atoms with van der Waals surface area (Å²) < 4.78 is 0. The molecule has 0 fully saturated rings. The van der Waals surface area contributed by atoms with E-state index in [1.54, 1.807) is 0 Å². The van der Waals surface area contributed by atoms with Crippen LogP contribution in [-0.4, -0.2) is 5.11 Å². The third-order valence-corrected chi connectivity index (χ3v) is 5.49. The molecule has 0 aliphatic carbocycles. The van der Waals surface area contributed by atoms with Gasteiger partial charge in [-0.3, -0.25) is 0 Å². The van der Waals surface area contributed by atoms with Crippen LogP contribution in [0.5, 0.6) is 0 Å². The molecule has 0 heterocycles. The highest BCUT2D eigenvalue weighted by atomic mass is 32.2. The van der Waals surface area contributed by atoms with Crippen LogP contribution in [0, 0.1) is 0 Å². The largest absolute Gasteiger partial charge is 0.392 e. The summed E-state index contributed by atoms with van der Waals surface area (Å²) in [5.41, 5.74) is 0.955. The molecule has 0 aliphatic rings. The van der Waals surface area contributed by atoms with Crippen molar-refractivity contribution < 1.29 is 5.11 Å². The lowest BCUT2D eigenvalue weighted by Gasteiger charge is -2.08. The average molecular weight is 293 g/mol. The van der Waals surface area contributed by atoms with Gasteiger partial charge in [-0.05, 0) is 42.0 Å². The van der Waals surface area contributed by atoms with E-state index in [0.29, 0.717) is 0 Å². The van der Waals surface area contributed by atoms with E-state index < -0.39 is 0 Å². The summed E-state index contributed by atoms with van der Waals surface area (Å²) in [6, 6.07) is 29.3. The van der Waals surface area contributed by atoms with Crippen LogP contribution in [0.3, 0.4) is 0 Å². The van der Waals surface area contributed by atoms with E-state index in [1.165, 1.54) is 14.7 Å². The van der Waals surface area contributed by atoms with Crippen LogP contribution in [-0.2, 0) is 17.5 Å². The van der Waals surface area contributed by atoms with Gasteiger partial charge in [0.15, 0.2) is 14.7 Å². The van der Waals surface area contributed by atoms with Crippen molar-refractivity contribution in [3.8, 4) is 0 Å². The van der Waals surface area contributed by atoms with Crippen molar-refractivity contribution in [2.75, 3.05) is 0 Å². The quantitative estimate of drug-likeness (QED) is 0.712. The summed E-state index contributed by atoms with van der Waals surface area (Å²) in [6.07, 6.45) is 0. The van der Waals surface area contributed by atoms with E-state index in [2.05, 4.69) is 60.7 Å². The van der Waals surface area contributed by atoms with Crippen LogP contribution >= 0.6 is 0 Å². The fraction of sp³-hybridized carbons (Fsp3) is 0.0526. The molecule has 1 N–H and O–H groups in total.